The first-order chi connectivity index (χ1) is 9.08. The van der Waals surface area contributed by atoms with Gasteiger partial charge in [-0.25, -0.2) is 4.68 Å². The lowest BCUT2D eigenvalue weighted by molar-refractivity contribution is -0.137. The number of carbonyl (C=O) groups is 1. The summed E-state index contributed by atoms with van der Waals surface area (Å²) in [6.45, 7) is 0.425. The predicted molar refractivity (Wildman–Crippen MR) is 70.1 cm³/mol. The van der Waals surface area contributed by atoms with Crippen LogP contribution < -0.4 is 0 Å². The molecule has 1 N–H and O–H groups in total. The lowest BCUT2D eigenvalue weighted by Gasteiger charge is -2.04. The van der Waals surface area contributed by atoms with Gasteiger partial charge < -0.3 is 5.11 Å². The van der Waals surface area contributed by atoms with Crippen LogP contribution in [-0.4, -0.2) is 31.3 Å². The molecule has 0 radical (unpaired) electrons. The number of carboxylic acid groups (broad SMARTS) is 1. The zero-order valence-electron chi connectivity index (χ0n) is 9.75. The van der Waals surface area contributed by atoms with Crippen molar-refractivity contribution in [2.45, 2.75) is 19.4 Å². The summed E-state index contributed by atoms with van der Waals surface area (Å²) in [6.07, 6.45) is 0.523. The predicted octanol–water partition coefficient (Wildman–Crippen LogP) is 2.51. The molecule has 0 saturated heterocycles. The Labute approximate surface area is 118 Å². The van der Waals surface area contributed by atoms with Crippen molar-refractivity contribution in [3.8, 4) is 11.4 Å². The van der Waals surface area contributed by atoms with E-state index in [-0.39, 0.29) is 6.42 Å². The highest BCUT2D eigenvalue weighted by molar-refractivity contribution is 6.42. The first kappa shape index (κ1) is 13.8. The summed E-state index contributed by atoms with van der Waals surface area (Å²) < 4.78 is 1.54. The number of halogens is 2. The number of hydrogen-bond donors (Lipinski definition) is 1. The normalized spacial score (nSPS) is 10.6. The summed E-state index contributed by atoms with van der Waals surface area (Å²) in [5.74, 6) is -0.312. The van der Waals surface area contributed by atoms with Crippen LogP contribution >= 0.6 is 23.2 Å². The number of aliphatic carboxylic acids is 1. The molecule has 8 heteroatoms. The van der Waals surface area contributed by atoms with E-state index >= 15 is 0 Å². The molecule has 0 bridgehead atoms. The fourth-order valence-corrected chi connectivity index (χ4v) is 1.88. The lowest BCUT2D eigenvalue weighted by Crippen LogP contribution is -2.05. The summed E-state index contributed by atoms with van der Waals surface area (Å²) in [6, 6.07) is 5.09. The molecule has 0 amide bonds. The number of carboxylic acids is 1. The fraction of sp³-hybridized carbons (Fsp3) is 0.273. The average Bonchev–Trinajstić information content (AvgIpc) is 2.80. The number of nitrogens with zero attached hydrogens (tertiary/aromatic N) is 4. The largest absolute Gasteiger partial charge is 0.481 e. The standard InChI is InChI=1S/C11H10Cl2N4O2/c12-8-4-3-7(6-9(8)13)11-14-15-16-17(11)5-1-2-10(18)19/h3-4,6H,1-2,5H2,(H,18,19). The highest BCUT2D eigenvalue weighted by Gasteiger charge is 2.10. The van der Waals surface area contributed by atoms with E-state index in [1.54, 1.807) is 22.9 Å². The van der Waals surface area contributed by atoms with Gasteiger partial charge in [-0.05, 0) is 35.0 Å². The van der Waals surface area contributed by atoms with Crippen LogP contribution in [0.4, 0.5) is 0 Å². The topological polar surface area (TPSA) is 80.9 Å². The second-order valence-electron chi connectivity index (χ2n) is 3.85. The van der Waals surface area contributed by atoms with E-state index < -0.39 is 5.97 Å². The first-order valence-electron chi connectivity index (χ1n) is 5.51. The van der Waals surface area contributed by atoms with Crippen LogP contribution in [0.25, 0.3) is 11.4 Å². The van der Waals surface area contributed by atoms with Crippen molar-refractivity contribution in [2.75, 3.05) is 0 Å². The van der Waals surface area contributed by atoms with E-state index in [0.29, 0.717) is 28.8 Å². The second kappa shape index (κ2) is 5.99. The van der Waals surface area contributed by atoms with E-state index in [4.69, 9.17) is 28.3 Å². The molecular formula is C11H10Cl2N4O2. The molecular weight excluding hydrogens is 291 g/mol. The van der Waals surface area contributed by atoms with Gasteiger partial charge in [-0.3, -0.25) is 4.79 Å². The molecule has 0 fully saturated rings. The van der Waals surface area contributed by atoms with Crippen molar-refractivity contribution in [1.29, 1.82) is 0 Å². The zero-order chi connectivity index (χ0) is 13.8. The summed E-state index contributed by atoms with van der Waals surface area (Å²) in [5, 5.41) is 20.8. The number of aryl methyl sites for hydroxylation is 1. The maximum absolute atomic E-state index is 10.5. The molecule has 0 atom stereocenters. The van der Waals surface area contributed by atoms with Crippen molar-refractivity contribution >= 4 is 29.2 Å². The smallest absolute Gasteiger partial charge is 0.303 e. The van der Waals surface area contributed by atoms with Gasteiger partial charge in [0.05, 0.1) is 10.0 Å². The Bertz CT molecular complexity index is 600. The van der Waals surface area contributed by atoms with Gasteiger partial charge in [0.1, 0.15) is 0 Å². The van der Waals surface area contributed by atoms with Crippen LogP contribution in [-0.2, 0) is 11.3 Å². The van der Waals surface area contributed by atoms with Crippen LogP contribution in [0.1, 0.15) is 12.8 Å². The summed E-state index contributed by atoms with van der Waals surface area (Å²) in [7, 11) is 0. The number of tetrazole rings is 1. The van der Waals surface area contributed by atoms with Gasteiger partial charge in [0.2, 0.25) is 0 Å². The molecule has 1 aromatic carbocycles. The molecule has 100 valence electrons. The van der Waals surface area contributed by atoms with Crippen LogP contribution in [0.3, 0.4) is 0 Å². The third-order valence-corrected chi connectivity index (χ3v) is 3.21. The third-order valence-electron chi connectivity index (χ3n) is 2.47. The number of benzene rings is 1. The van der Waals surface area contributed by atoms with E-state index in [1.807, 2.05) is 0 Å². The molecule has 2 aromatic rings. The van der Waals surface area contributed by atoms with Crippen molar-refractivity contribution in [3.05, 3.63) is 28.2 Å². The summed E-state index contributed by atoms with van der Waals surface area (Å²) >= 11 is 11.8. The highest BCUT2D eigenvalue weighted by atomic mass is 35.5. The molecule has 1 heterocycles. The van der Waals surface area contributed by atoms with E-state index in [9.17, 15) is 4.79 Å². The second-order valence-corrected chi connectivity index (χ2v) is 4.67. The number of aromatic nitrogens is 4. The van der Waals surface area contributed by atoms with Crippen LogP contribution in [0.2, 0.25) is 10.0 Å². The highest BCUT2D eigenvalue weighted by Crippen LogP contribution is 2.27. The Morgan fingerprint density at radius 2 is 2.11 bits per heavy atom. The SMILES string of the molecule is O=C(O)CCCn1nnnc1-c1ccc(Cl)c(Cl)c1. The third kappa shape index (κ3) is 3.42. The van der Waals surface area contributed by atoms with Gasteiger partial charge in [-0.15, -0.1) is 5.10 Å². The maximum atomic E-state index is 10.5. The molecule has 1 aromatic heterocycles. The Morgan fingerprint density at radius 3 is 2.79 bits per heavy atom. The fourth-order valence-electron chi connectivity index (χ4n) is 1.58. The van der Waals surface area contributed by atoms with Gasteiger partial charge in [-0.1, -0.05) is 23.2 Å². The van der Waals surface area contributed by atoms with Gasteiger partial charge in [-0.2, -0.15) is 0 Å². The molecule has 0 saturated carbocycles. The van der Waals surface area contributed by atoms with E-state index in [0.717, 1.165) is 5.56 Å². The Hall–Kier alpha value is -1.66. The Balaban J connectivity index is 2.18. The minimum atomic E-state index is -0.843. The molecule has 6 nitrogen and oxygen atoms in total. The summed E-state index contributed by atoms with van der Waals surface area (Å²) in [5.41, 5.74) is 0.731. The van der Waals surface area contributed by atoms with Crippen LogP contribution in [0.15, 0.2) is 18.2 Å². The van der Waals surface area contributed by atoms with Gasteiger partial charge in [0.15, 0.2) is 5.82 Å². The molecule has 19 heavy (non-hydrogen) atoms. The van der Waals surface area contributed by atoms with Crippen molar-refractivity contribution < 1.29 is 9.90 Å². The lowest BCUT2D eigenvalue weighted by atomic mass is 10.2. The zero-order valence-corrected chi connectivity index (χ0v) is 11.3. The minimum Gasteiger partial charge on any atom is -0.481 e. The summed E-state index contributed by atoms with van der Waals surface area (Å²) in [4.78, 5) is 10.5. The molecule has 2 rings (SSSR count). The van der Waals surface area contributed by atoms with Gasteiger partial charge >= 0.3 is 5.97 Å². The molecule has 0 unspecified atom stereocenters. The molecule has 0 spiro atoms. The maximum Gasteiger partial charge on any atom is 0.303 e. The molecule has 0 aliphatic rings. The number of hydrogen-bond acceptors (Lipinski definition) is 4. The van der Waals surface area contributed by atoms with Crippen molar-refractivity contribution in [1.82, 2.24) is 20.2 Å². The minimum absolute atomic E-state index is 0.0701. The quantitative estimate of drug-likeness (QED) is 0.917. The van der Waals surface area contributed by atoms with Gasteiger partial charge in [0, 0.05) is 18.5 Å². The number of rotatable bonds is 5. The van der Waals surface area contributed by atoms with Crippen molar-refractivity contribution in [3.63, 3.8) is 0 Å². The Morgan fingerprint density at radius 1 is 1.32 bits per heavy atom. The molecule has 0 aliphatic heterocycles. The Kier molecular flexibility index (Phi) is 4.34. The van der Waals surface area contributed by atoms with Crippen LogP contribution in [0.5, 0.6) is 0 Å². The average molecular weight is 301 g/mol. The monoisotopic (exact) mass is 300 g/mol. The molecule has 0 aliphatic carbocycles. The first-order valence-corrected chi connectivity index (χ1v) is 6.27. The van der Waals surface area contributed by atoms with Crippen molar-refractivity contribution in [2.24, 2.45) is 0 Å². The van der Waals surface area contributed by atoms with Crippen LogP contribution in [0, 0.1) is 0 Å². The van der Waals surface area contributed by atoms with Gasteiger partial charge in [0.25, 0.3) is 0 Å². The van der Waals surface area contributed by atoms with E-state index in [1.165, 1.54) is 0 Å². The van der Waals surface area contributed by atoms with E-state index in [2.05, 4.69) is 15.5 Å².